The van der Waals surface area contributed by atoms with E-state index in [1.54, 1.807) is 35.9 Å². The lowest BCUT2D eigenvalue weighted by atomic mass is 10.2. The monoisotopic (exact) mass is 302 g/mol. The van der Waals surface area contributed by atoms with Crippen LogP contribution in [0, 0.1) is 6.92 Å². The van der Waals surface area contributed by atoms with Gasteiger partial charge in [0.25, 0.3) is 0 Å². The molecule has 0 saturated heterocycles. The first-order chi connectivity index (χ1) is 10.1. The van der Waals surface area contributed by atoms with E-state index in [2.05, 4.69) is 10.1 Å². The lowest BCUT2D eigenvalue weighted by Crippen LogP contribution is -2.03. The summed E-state index contributed by atoms with van der Waals surface area (Å²) in [6.07, 6.45) is 0. The van der Waals surface area contributed by atoms with Crippen LogP contribution in [-0.2, 0) is 4.74 Å². The van der Waals surface area contributed by atoms with E-state index in [1.807, 2.05) is 6.92 Å². The van der Waals surface area contributed by atoms with Crippen molar-refractivity contribution < 1.29 is 9.53 Å². The zero-order chi connectivity index (χ0) is 15.0. The fraction of sp³-hybridized carbons (Fsp3) is 0.214. The number of rotatable bonds is 3. The molecule has 0 unspecified atom stereocenters. The molecule has 0 fully saturated rings. The summed E-state index contributed by atoms with van der Waals surface area (Å²) in [5.41, 5.74) is 8.06. The second-order valence-corrected chi connectivity index (χ2v) is 5.53. The summed E-state index contributed by atoms with van der Waals surface area (Å²) in [7, 11) is 0. The van der Waals surface area contributed by atoms with Gasteiger partial charge in [0.1, 0.15) is 5.82 Å². The summed E-state index contributed by atoms with van der Waals surface area (Å²) in [4.78, 5) is 16.2. The molecule has 3 aromatic rings. The molecule has 0 aliphatic heterocycles. The normalized spacial score (nSPS) is 11.0. The molecule has 0 aliphatic rings. The summed E-state index contributed by atoms with van der Waals surface area (Å²) < 4.78 is 7.49. The molecule has 2 N–H and O–H groups in total. The molecule has 0 bridgehead atoms. The Morgan fingerprint density at radius 2 is 2.24 bits per heavy atom. The van der Waals surface area contributed by atoms with Gasteiger partial charge in [-0.1, -0.05) is 11.3 Å². The van der Waals surface area contributed by atoms with Gasteiger partial charge in [0.2, 0.25) is 5.13 Å². The van der Waals surface area contributed by atoms with E-state index in [-0.39, 0.29) is 5.97 Å². The van der Waals surface area contributed by atoms with Crippen molar-refractivity contribution >= 4 is 33.3 Å². The summed E-state index contributed by atoms with van der Waals surface area (Å²) in [5, 5.41) is 4.99. The van der Waals surface area contributed by atoms with Crippen LogP contribution < -0.4 is 5.73 Å². The first-order valence-electron chi connectivity index (χ1n) is 6.48. The van der Waals surface area contributed by atoms with Crippen LogP contribution in [0.15, 0.2) is 24.3 Å². The van der Waals surface area contributed by atoms with Crippen molar-refractivity contribution in [1.82, 2.24) is 14.8 Å². The first-order valence-corrected chi connectivity index (χ1v) is 7.30. The average Bonchev–Trinajstić information content (AvgIpc) is 3.00. The van der Waals surface area contributed by atoms with Crippen molar-refractivity contribution in [2.45, 2.75) is 13.8 Å². The number of nitrogens with zero attached hydrogens (tertiary/aromatic N) is 3. The molecule has 21 heavy (non-hydrogen) atoms. The van der Waals surface area contributed by atoms with E-state index in [0.29, 0.717) is 23.1 Å². The third kappa shape index (κ3) is 2.47. The van der Waals surface area contributed by atoms with Crippen LogP contribution in [0.4, 0.5) is 5.82 Å². The molecule has 3 rings (SSSR count). The molecule has 2 heterocycles. The molecule has 7 heteroatoms. The SMILES string of the molecule is CCOC(=O)c1ccc2nc(-n3nc(C)cc3N)sc2c1. The number of ether oxygens (including phenoxy) is 1. The number of hydrogen-bond acceptors (Lipinski definition) is 6. The van der Waals surface area contributed by atoms with Gasteiger partial charge < -0.3 is 10.5 Å². The highest BCUT2D eigenvalue weighted by atomic mass is 32.1. The Kier molecular flexibility index (Phi) is 3.34. The predicted molar refractivity (Wildman–Crippen MR) is 81.8 cm³/mol. The van der Waals surface area contributed by atoms with E-state index in [1.165, 1.54) is 11.3 Å². The third-order valence-corrected chi connectivity index (χ3v) is 3.92. The van der Waals surface area contributed by atoms with Gasteiger partial charge in [0.15, 0.2) is 0 Å². The predicted octanol–water partition coefficient (Wildman–Crippen LogP) is 2.55. The van der Waals surface area contributed by atoms with Crippen molar-refractivity contribution in [1.29, 1.82) is 0 Å². The van der Waals surface area contributed by atoms with Gasteiger partial charge in [0.05, 0.1) is 28.1 Å². The molecule has 0 atom stereocenters. The number of fused-ring (bicyclic) bond motifs is 1. The highest BCUT2D eigenvalue weighted by Crippen LogP contribution is 2.27. The Hall–Kier alpha value is -2.41. The van der Waals surface area contributed by atoms with Crippen molar-refractivity contribution in [3.05, 3.63) is 35.5 Å². The number of carbonyl (C=O) groups excluding carboxylic acids is 1. The smallest absolute Gasteiger partial charge is 0.338 e. The van der Waals surface area contributed by atoms with E-state index < -0.39 is 0 Å². The number of hydrogen-bond donors (Lipinski definition) is 1. The molecule has 1 aromatic carbocycles. The molecule has 2 aromatic heterocycles. The number of aryl methyl sites for hydroxylation is 1. The Morgan fingerprint density at radius 1 is 1.43 bits per heavy atom. The summed E-state index contributed by atoms with van der Waals surface area (Å²) in [6.45, 7) is 4.01. The summed E-state index contributed by atoms with van der Waals surface area (Å²) in [6, 6.07) is 7.08. The maximum absolute atomic E-state index is 11.7. The first kappa shape index (κ1) is 13.6. The zero-order valence-electron chi connectivity index (χ0n) is 11.7. The fourth-order valence-corrected chi connectivity index (χ4v) is 2.99. The van der Waals surface area contributed by atoms with E-state index in [0.717, 1.165) is 15.9 Å². The number of esters is 1. The highest BCUT2D eigenvalue weighted by molar-refractivity contribution is 7.20. The van der Waals surface area contributed by atoms with Gasteiger partial charge in [-0.05, 0) is 32.0 Å². The van der Waals surface area contributed by atoms with Gasteiger partial charge in [-0.3, -0.25) is 0 Å². The lowest BCUT2D eigenvalue weighted by Gasteiger charge is -2.00. The molecule has 0 saturated carbocycles. The molecular weight excluding hydrogens is 288 g/mol. The van der Waals surface area contributed by atoms with Crippen LogP contribution in [0.2, 0.25) is 0 Å². The molecule has 0 aliphatic carbocycles. The number of nitrogens with two attached hydrogens (primary N) is 1. The van der Waals surface area contributed by atoms with Crippen molar-refractivity contribution in [3.63, 3.8) is 0 Å². The average molecular weight is 302 g/mol. The maximum Gasteiger partial charge on any atom is 0.338 e. The van der Waals surface area contributed by atoms with Crippen molar-refractivity contribution in [3.8, 4) is 5.13 Å². The Balaban J connectivity index is 2.04. The van der Waals surface area contributed by atoms with Crippen molar-refractivity contribution in [2.75, 3.05) is 12.3 Å². The summed E-state index contributed by atoms with van der Waals surface area (Å²) in [5.74, 6) is 0.209. The number of nitrogen functional groups attached to an aromatic ring is 1. The molecule has 0 spiro atoms. The minimum Gasteiger partial charge on any atom is -0.462 e. The number of benzene rings is 1. The lowest BCUT2D eigenvalue weighted by molar-refractivity contribution is 0.0526. The van der Waals surface area contributed by atoms with E-state index >= 15 is 0 Å². The molecule has 0 radical (unpaired) electrons. The Bertz CT molecular complexity index is 822. The van der Waals surface area contributed by atoms with Crippen LogP contribution in [0.5, 0.6) is 0 Å². The number of aromatic nitrogens is 3. The minimum atomic E-state index is -0.330. The molecule has 108 valence electrons. The number of anilines is 1. The second kappa shape index (κ2) is 5.17. The topological polar surface area (TPSA) is 83.0 Å². The minimum absolute atomic E-state index is 0.330. The molecular formula is C14H14N4O2S. The Morgan fingerprint density at radius 3 is 2.90 bits per heavy atom. The summed E-state index contributed by atoms with van der Waals surface area (Å²) >= 11 is 1.43. The van der Waals surface area contributed by atoms with Crippen LogP contribution in [0.25, 0.3) is 15.3 Å². The maximum atomic E-state index is 11.7. The second-order valence-electron chi connectivity index (χ2n) is 4.52. The van der Waals surface area contributed by atoms with E-state index in [9.17, 15) is 4.79 Å². The molecule has 0 amide bonds. The van der Waals surface area contributed by atoms with Crippen LogP contribution in [0.3, 0.4) is 0 Å². The zero-order valence-corrected chi connectivity index (χ0v) is 12.5. The van der Waals surface area contributed by atoms with Gasteiger partial charge in [-0.2, -0.15) is 9.78 Å². The fourth-order valence-electron chi connectivity index (χ4n) is 2.02. The van der Waals surface area contributed by atoms with Crippen molar-refractivity contribution in [2.24, 2.45) is 0 Å². The quantitative estimate of drug-likeness (QED) is 0.752. The number of carbonyl (C=O) groups is 1. The van der Waals surface area contributed by atoms with Crippen LogP contribution >= 0.6 is 11.3 Å². The van der Waals surface area contributed by atoms with Gasteiger partial charge in [-0.25, -0.2) is 9.78 Å². The van der Waals surface area contributed by atoms with Gasteiger partial charge in [-0.15, -0.1) is 0 Å². The largest absolute Gasteiger partial charge is 0.462 e. The van der Waals surface area contributed by atoms with Gasteiger partial charge >= 0.3 is 5.97 Å². The standard InChI is InChI=1S/C14H14N4O2S/c1-3-20-13(19)9-4-5-10-11(7-9)21-14(16-10)18-12(15)6-8(2)17-18/h4-7H,3,15H2,1-2H3. The van der Waals surface area contributed by atoms with Gasteiger partial charge in [0, 0.05) is 6.07 Å². The molecule has 6 nitrogen and oxygen atoms in total. The van der Waals surface area contributed by atoms with Crippen LogP contribution in [0.1, 0.15) is 23.0 Å². The third-order valence-electron chi connectivity index (χ3n) is 2.93. The van der Waals surface area contributed by atoms with E-state index in [4.69, 9.17) is 10.5 Å². The van der Waals surface area contributed by atoms with Crippen LogP contribution in [-0.4, -0.2) is 27.3 Å². The number of thiazole rings is 1. The highest BCUT2D eigenvalue weighted by Gasteiger charge is 2.13. The Labute approximate surface area is 125 Å².